The van der Waals surface area contributed by atoms with Crippen molar-refractivity contribution in [1.29, 1.82) is 0 Å². The van der Waals surface area contributed by atoms with Crippen molar-refractivity contribution in [3.05, 3.63) is 56.0 Å². The molecule has 21 heavy (non-hydrogen) atoms. The minimum absolute atomic E-state index is 0.00000134. The third-order valence-electron chi connectivity index (χ3n) is 2.99. The maximum Gasteiger partial charge on any atom is 0.270 e. The molecule has 0 atom stereocenters. The first kappa shape index (κ1) is 15.1. The molecule has 0 amide bonds. The number of halogens is 1. The zero-order valence-electron chi connectivity index (χ0n) is 11.5. The zero-order valence-corrected chi connectivity index (χ0v) is 13.1. The summed E-state index contributed by atoms with van der Waals surface area (Å²) in [6.07, 6.45) is 0. The molecule has 0 unspecified atom stereocenters. The number of benzene rings is 2. The summed E-state index contributed by atoms with van der Waals surface area (Å²) in [5.74, 6) is 0. The molecule has 0 aliphatic heterocycles. The molecule has 2 rings (SSSR count). The van der Waals surface area contributed by atoms with Crippen molar-refractivity contribution >= 4 is 38.7 Å². The van der Waals surface area contributed by atoms with Crippen molar-refractivity contribution in [1.82, 2.24) is 0 Å². The molecule has 0 bridgehead atoms. The fraction of sp³-hybridized carbons (Fsp3) is 0.143. The largest absolute Gasteiger partial charge is 0.398 e. The predicted octanol–water partition coefficient (Wildman–Crippen LogP) is 4.97. The van der Waals surface area contributed by atoms with Gasteiger partial charge in [0.2, 0.25) is 0 Å². The molecule has 0 saturated heterocycles. The average molecular weight is 349 g/mol. The predicted molar refractivity (Wildman–Crippen MR) is 85.3 cm³/mol. The Morgan fingerprint density at radius 1 is 1.14 bits per heavy atom. The van der Waals surface area contributed by atoms with Gasteiger partial charge in [0.15, 0.2) is 0 Å². The number of nitrogens with two attached hydrogens (primary N) is 1. The highest BCUT2D eigenvalue weighted by Gasteiger charge is 2.08. The number of hydrogen-bond acceptors (Lipinski definition) is 5. The maximum atomic E-state index is 10.7. The number of nitrogen functional groups attached to an aromatic ring is 1. The van der Waals surface area contributed by atoms with E-state index in [1.807, 2.05) is 26.0 Å². The lowest BCUT2D eigenvalue weighted by atomic mass is 10.1. The Morgan fingerprint density at radius 3 is 2.29 bits per heavy atom. The normalized spacial score (nSPS) is 11.0. The Bertz CT molecular complexity index is 721. The molecule has 7 heteroatoms. The van der Waals surface area contributed by atoms with Gasteiger partial charge in [-0.05, 0) is 59.1 Å². The van der Waals surface area contributed by atoms with Crippen molar-refractivity contribution in [2.45, 2.75) is 13.8 Å². The van der Waals surface area contributed by atoms with Gasteiger partial charge in [-0.15, -0.1) is 5.11 Å². The van der Waals surface area contributed by atoms with Gasteiger partial charge in [0, 0.05) is 17.8 Å². The molecular formula is C14H13BrN4O2. The van der Waals surface area contributed by atoms with E-state index in [2.05, 4.69) is 26.2 Å². The Balaban J connectivity index is 2.31. The smallest absolute Gasteiger partial charge is 0.270 e. The molecule has 0 heterocycles. The SMILES string of the molecule is Cc1cc(N=Nc2ccc([N+](=O)[O-])cc2Br)cc(C)c1N. The molecule has 0 aliphatic rings. The lowest BCUT2D eigenvalue weighted by molar-refractivity contribution is -0.384. The second-order valence-electron chi connectivity index (χ2n) is 4.59. The first-order valence-electron chi connectivity index (χ1n) is 6.11. The third-order valence-corrected chi connectivity index (χ3v) is 3.63. The molecule has 0 aromatic heterocycles. The minimum atomic E-state index is -0.460. The number of nitro groups is 1. The molecule has 0 spiro atoms. The van der Waals surface area contributed by atoms with Crippen LogP contribution in [0, 0.1) is 24.0 Å². The van der Waals surface area contributed by atoms with Crippen LogP contribution in [-0.4, -0.2) is 4.92 Å². The average Bonchev–Trinajstić information content (AvgIpc) is 2.43. The summed E-state index contributed by atoms with van der Waals surface area (Å²) in [6.45, 7) is 3.81. The zero-order chi connectivity index (χ0) is 15.6. The second kappa shape index (κ2) is 6.01. The van der Waals surface area contributed by atoms with E-state index in [1.165, 1.54) is 12.1 Å². The molecule has 2 N–H and O–H groups in total. The van der Waals surface area contributed by atoms with Crippen LogP contribution in [0.15, 0.2) is 45.0 Å². The van der Waals surface area contributed by atoms with Crippen LogP contribution in [0.1, 0.15) is 11.1 Å². The van der Waals surface area contributed by atoms with Crippen LogP contribution in [0.5, 0.6) is 0 Å². The molecular weight excluding hydrogens is 336 g/mol. The van der Waals surface area contributed by atoms with E-state index in [0.29, 0.717) is 15.8 Å². The highest BCUT2D eigenvalue weighted by Crippen LogP contribution is 2.31. The van der Waals surface area contributed by atoms with Gasteiger partial charge in [-0.25, -0.2) is 0 Å². The van der Waals surface area contributed by atoms with Gasteiger partial charge >= 0.3 is 0 Å². The topological polar surface area (TPSA) is 93.9 Å². The third kappa shape index (κ3) is 3.43. The molecule has 6 nitrogen and oxygen atoms in total. The van der Waals surface area contributed by atoms with Gasteiger partial charge in [0.1, 0.15) is 5.69 Å². The van der Waals surface area contributed by atoms with Crippen LogP contribution in [0.3, 0.4) is 0 Å². The maximum absolute atomic E-state index is 10.7. The number of aryl methyl sites for hydroxylation is 2. The fourth-order valence-electron chi connectivity index (χ4n) is 1.81. The first-order valence-corrected chi connectivity index (χ1v) is 6.90. The molecule has 108 valence electrons. The molecule has 0 aliphatic carbocycles. The van der Waals surface area contributed by atoms with Crippen LogP contribution < -0.4 is 5.73 Å². The number of non-ortho nitro benzene ring substituents is 1. The van der Waals surface area contributed by atoms with E-state index in [1.54, 1.807) is 6.07 Å². The van der Waals surface area contributed by atoms with Gasteiger partial charge < -0.3 is 5.73 Å². The number of nitro benzene ring substituents is 1. The highest BCUT2D eigenvalue weighted by molar-refractivity contribution is 9.10. The van der Waals surface area contributed by atoms with Crippen LogP contribution in [0.25, 0.3) is 0 Å². The van der Waals surface area contributed by atoms with E-state index < -0.39 is 4.92 Å². The lowest BCUT2D eigenvalue weighted by Crippen LogP contribution is -1.92. The van der Waals surface area contributed by atoms with Crippen molar-refractivity contribution in [2.24, 2.45) is 10.2 Å². The van der Waals surface area contributed by atoms with E-state index in [9.17, 15) is 10.1 Å². The van der Waals surface area contributed by atoms with E-state index in [4.69, 9.17) is 5.73 Å². The summed E-state index contributed by atoms with van der Waals surface area (Å²) in [4.78, 5) is 10.2. The summed E-state index contributed by atoms with van der Waals surface area (Å²) in [5, 5.41) is 18.9. The number of nitrogens with zero attached hydrogens (tertiary/aromatic N) is 3. The molecule has 2 aromatic rings. The molecule has 0 radical (unpaired) electrons. The van der Waals surface area contributed by atoms with Crippen LogP contribution in [-0.2, 0) is 0 Å². The highest BCUT2D eigenvalue weighted by atomic mass is 79.9. The Kier molecular flexibility index (Phi) is 4.32. The van der Waals surface area contributed by atoms with E-state index >= 15 is 0 Å². The standard InChI is InChI=1S/C14H13BrN4O2/c1-8-5-10(6-9(2)14(8)16)17-18-13-4-3-11(19(20)21)7-12(13)15/h3-7H,16H2,1-2H3. The summed E-state index contributed by atoms with van der Waals surface area (Å²) in [6, 6.07) is 8.01. The van der Waals surface area contributed by atoms with E-state index in [0.717, 1.165) is 16.8 Å². The summed E-state index contributed by atoms with van der Waals surface area (Å²) in [5.41, 5.74) is 9.70. The summed E-state index contributed by atoms with van der Waals surface area (Å²) >= 11 is 3.25. The van der Waals surface area contributed by atoms with Crippen LogP contribution in [0.2, 0.25) is 0 Å². The minimum Gasteiger partial charge on any atom is -0.398 e. The van der Waals surface area contributed by atoms with E-state index in [-0.39, 0.29) is 5.69 Å². The second-order valence-corrected chi connectivity index (χ2v) is 5.44. The molecule has 0 saturated carbocycles. The molecule has 0 fully saturated rings. The first-order chi connectivity index (χ1) is 9.88. The quantitative estimate of drug-likeness (QED) is 0.367. The van der Waals surface area contributed by atoms with Crippen molar-refractivity contribution in [3.63, 3.8) is 0 Å². The fourth-order valence-corrected chi connectivity index (χ4v) is 2.26. The Labute approximate surface area is 130 Å². The summed E-state index contributed by atoms with van der Waals surface area (Å²) in [7, 11) is 0. The van der Waals surface area contributed by atoms with Crippen molar-refractivity contribution in [3.8, 4) is 0 Å². The number of hydrogen-bond donors (Lipinski definition) is 1. The van der Waals surface area contributed by atoms with Gasteiger partial charge in [0.05, 0.1) is 15.1 Å². The van der Waals surface area contributed by atoms with Gasteiger partial charge in [-0.2, -0.15) is 5.11 Å². The molecule has 2 aromatic carbocycles. The monoisotopic (exact) mass is 348 g/mol. The van der Waals surface area contributed by atoms with Gasteiger partial charge in [-0.3, -0.25) is 10.1 Å². The number of anilines is 1. The number of azo groups is 1. The van der Waals surface area contributed by atoms with Crippen LogP contribution in [0.4, 0.5) is 22.7 Å². The van der Waals surface area contributed by atoms with Gasteiger partial charge in [-0.1, -0.05) is 0 Å². The summed E-state index contributed by atoms with van der Waals surface area (Å²) < 4.78 is 0.518. The Morgan fingerprint density at radius 2 is 1.76 bits per heavy atom. The van der Waals surface area contributed by atoms with Crippen molar-refractivity contribution in [2.75, 3.05) is 5.73 Å². The number of rotatable bonds is 3. The lowest BCUT2D eigenvalue weighted by Gasteiger charge is -2.05. The Hall–Kier alpha value is -2.28. The van der Waals surface area contributed by atoms with Crippen LogP contribution >= 0.6 is 15.9 Å². The van der Waals surface area contributed by atoms with Crippen molar-refractivity contribution < 1.29 is 4.92 Å². The van der Waals surface area contributed by atoms with Gasteiger partial charge in [0.25, 0.3) is 5.69 Å².